The van der Waals surface area contributed by atoms with Gasteiger partial charge in [-0.25, -0.2) is 0 Å². The zero-order valence-electron chi connectivity index (χ0n) is 13.6. The van der Waals surface area contributed by atoms with Gasteiger partial charge in [-0.1, -0.05) is 61.0 Å². The van der Waals surface area contributed by atoms with Gasteiger partial charge in [-0.3, -0.25) is 0 Å². The van der Waals surface area contributed by atoms with Gasteiger partial charge < -0.3 is 0 Å². The number of rotatable bonds is 5. The van der Waals surface area contributed by atoms with Gasteiger partial charge in [0.15, 0.2) is 0 Å². The number of halogens is 2. The predicted octanol–water partition coefficient (Wildman–Crippen LogP) is 7.34. The third kappa shape index (κ3) is 4.48. The van der Waals surface area contributed by atoms with Crippen molar-refractivity contribution in [1.82, 2.24) is 0 Å². The molecule has 1 unspecified atom stereocenters. The monoisotopic (exact) mass is 370 g/mol. The molecule has 2 heteroatoms. The van der Waals surface area contributed by atoms with Crippen LogP contribution in [0.25, 0.3) is 0 Å². The Balaban J connectivity index is 1.99. The topological polar surface area (TPSA) is 0 Å². The van der Waals surface area contributed by atoms with Gasteiger partial charge in [-0.2, -0.15) is 0 Å². The van der Waals surface area contributed by atoms with E-state index in [1.807, 2.05) is 0 Å². The molecule has 0 N–H and O–H groups in total. The van der Waals surface area contributed by atoms with Crippen LogP contribution in [0.4, 0.5) is 0 Å². The van der Waals surface area contributed by atoms with Crippen molar-refractivity contribution in [2.24, 2.45) is 11.8 Å². The zero-order valence-corrected chi connectivity index (χ0v) is 15.9. The van der Waals surface area contributed by atoms with Gasteiger partial charge in [-0.15, -0.1) is 11.6 Å². The van der Waals surface area contributed by atoms with Crippen molar-refractivity contribution >= 4 is 27.5 Å². The van der Waals surface area contributed by atoms with Gasteiger partial charge in [-0.05, 0) is 61.3 Å². The van der Waals surface area contributed by atoms with Crippen molar-refractivity contribution in [2.75, 3.05) is 0 Å². The van der Waals surface area contributed by atoms with Crippen LogP contribution in [0.1, 0.15) is 73.9 Å². The van der Waals surface area contributed by atoms with Crippen LogP contribution in [0.2, 0.25) is 0 Å². The Bertz CT molecular complexity index is 461. The second-order valence-electron chi connectivity index (χ2n) is 6.78. The first-order valence-electron chi connectivity index (χ1n) is 8.43. The highest BCUT2D eigenvalue weighted by Crippen LogP contribution is 2.43. The van der Waals surface area contributed by atoms with Crippen molar-refractivity contribution in [3.05, 3.63) is 33.3 Å². The van der Waals surface area contributed by atoms with E-state index in [1.54, 1.807) is 0 Å². The first-order chi connectivity index (χ1) is 10.0. The number of hydrogen-bond acceptors (Lipinski definition) is 0. The lowest BCUT2D eigenvalue weighted by atomic mass is 9.77. The normalized spacial score (nSPS) is 24.0. The third-order valence-electron chi connectivity index (χ3n) is 5.12. The molecular formula is C19H28BrCl. The van der Waals surface area contributed by atoms with Gasteiger partial charge in [0.25, 0.3) is 0 Å². The molecule has 0 aromatic heterocycles. The molecule has 0 spiro atoms. The van der Waals surface area contributed by atoms with Crippen LogP contribution in [-0.2, 0) is 0 Å². The van der Waals surface area contributed by atoms with Crippen LogP contribution < -0.4 is 0 Å². The summed E-state index contributed by atoms with van der Waals surface area (Å²) in [6, 6.07) is 4.49. The minimum absolute atomic E-state index is 0.184. The summed E-state index contributed by atoms with van der Waals surface area (Å²) in [6.07, 6.45) is 9.51. The lowest BCUT2D eigenvalue weighted by Crippen LogP contribution is -2.18. The van der Waals surface area contributed by atoms with Crippen LogP contribution in [0.5, 0.6) is 0 Å². The molecule has 1 atom stereocenters. The van der Waals surface area contributed by atoms with E-state index in [-0.39, 0.29) is 5.38 Å². The van der Waals surface area contributed by atoms with E-state index in [4.69, 9.17) is 11.6 Å². The molecule has 21 heavy (non-hydrogen) atoms. The largest absolute Gasteiger partial charge is 0.118 e. The number of benzene rings is 1. The lowest BCUT2D eigenvalue weighted by Gasteiger charge is -2.32. The molecule has 1 aliphatic rings. The Labute approximate surface area is 143 Å². The Kier molecular flexibility index (Phi) is 6.62. The molecule has 1 aromatic carbocycles. The van der Waals surface area contributed by atoms with Gasteiger partial charge in [0, 0.05) is 4.47 Å². The summed E-state index contributed by atoms with van der Waals surface area (Å²) in [4.78, 5) is 0. The van der Waals surface area contributed by atoms with E-state index in [0.29, 0.717) is 5.92 Å². The highest BCUT2D eigenvalue weighted by atomic mass is 79.9. The minimum atomic E-state index is 0.184. The van der Waals surface area contributed by atoms with Gasteiger partial charge in [0.1, 0.15) is 0 Å². The third-order valence-corrected chi connectivity index (χ3v) is 6.56. The van der Waals surface area contributed by atoms with E-state index < -0.39 is 0 Å². The summed E-state index contributed by atoms with van der Waals surface area (Å²) in [5, 5.41) is 0.184. The van der Waals surface area contributed by atoms with Crippen LogP contribution in [0, 0.1) is 25.7 Å². The molecule has 2 rings (SSSR count). The lowest BCUT2D eigenvalue weighted by molar-refractivity contribution is 0.254. The van der Waals surface area contributed by atoms with Gasteiger partial charge in [0.2, 0.25) is 0 Å². The van der Waals surface area contributed by atoms with Gasteiger partial charge in [0.05, 0.1) is 5.38 Å². The number of aryl methyl sites for hydroxylation is 2. The van der Waals surface area contributed by atoms with Crippen LogP contribution in [0.15, 0.2) is 16.6 Å². The zero-order chi connectivity index (χ0) is 15.4. The van der Waals surface area contributed by atoms with Crippen molar-refractivity contribution in [3.8, 4) is 0 Å². The molecule has 1 saturated carbocycles. The molecule has 0 nitrogen and oxygen atoms in total. The van der Waals surface area contributed by atoms with E-state index in [2.05, 4.69) is 48.8 Å². The molecule has 0 bridgehead atoms. The number of hydrogen-bond donors (Lipinski definition) is 0. The Hall–Kier alpha value is -0.0100. The SMILES string of the molecule is CCCCC1CCC(C(Cl)c2cc(C)c(Br)cc2C)CC1. The van der Waals surface area contributed by atoms with Gasteiger partial charge >= 0.3 is 0 Å². The summed E-state index contributed by atoms with van der Waals surface area (Å²) < 4.78 is 1.19. The fourth-order valence-corrected chi connectivity index (χ4v) is 4.56. The molecule has 0 radical (unpaired) electrons. The number of alkyl halides is 1. The highest BCUT2D eigenvalue weighted by molar-refractivity contribution is 9.10. The summed E-state index contributed by atoms with van der Waals surface area (Å²) >= 11 is 10.5. The summed E-state index contributed by atoms with van der Waals surface area (Å²) in [5.74, 6) is 1.61. The smallest absolute Gasteiger partial charge is 0.0616 e. The fourth-order valence-electron chi connectivity index (χ4n) is 3.62. The second kappa shape index (κ2) is 8.02. The Morgan fingerprint density at radius 2 is 1.81 bits per heavy atom. The molecule has 0 amide bonds. The highest BCUT2D eigenvalue weighted by Gasteiger charge is 2.28. The standard InChI is InChI=1S/C19H28BrCl/c1-4-5-6-15-7-9-16(10-8-15)19(21)17-11-14(3)18(20)12-13(17)2/h11-12,15-16,19H,4-10H2,1-3H3. The van der Waals surface area contributed by atoms with Crippen molar-refractivity contribution in [1.29, 1.82) is 0 Å². The maximum Gasteiger partial charge on any atom is 0.0616 e. The van der Waals surface area contributed by atoms with E-state index in [1.165, 1.54) is 66.1 Å². The molecular weight excluding hydrogens is 344 g/mol. The quantitative estimate of drug-likeness (QED) is 0.475. The minimum Gasteiger partial charge on any atom is -0.118 e. The predicted molar refractivity (Wildman–Crippen MR) is 97.2 cm³/mol. The number of unbranched alkanes of at least 4 members (excludes halogenated alkanes) is 1. The molecule has 0 aliphatic heterocycles. The summed E-state index contributed by atoms with van der Waals surface area (Å²) in [5.41, 5.74) is 3.95. The summed E-state index contributed by atoms with van der Waals surface area (Å²) in [6.45, 7) is 6.62. The van der Waals surface area contributed by atoms with Crippen LogP contribution in [0.3, 0.4) is 0 Å². The maximum absolute atomic E-state index is 6.85. The first kappa shape index (κ1) is 17.3. The summed E-state index contributed by atoms with van der Waals surface area (Å²) in [7, 11) is 0. The average molecular weight is 372 g/mol. The molecule has 1 aromatic rings. The Morgan fingerprint density at radius 1 is 1.14 bits per heavy atom. The molecule has 0 heterocycles. The van der Waals surface area contributed by atoms with Crippen LogP contribution in [-0.4, -0.2) is 0 Å². The van der Waals surface area contributed by atoms with E-state index in [0.717, 1.165) is 5.92 Å². The average Bonchev–Trinajstić information content (AvgIpc) is 2.48. The van der Waals surface area contributed by atoms with Crippen molar-refractivity contribution in [2.45, 2.75) is 71.1 Å². The van der Waals surface area contributed by atoms with Crippen molar-refractivity contribution < 1.29 is 0 Å². The second-order valence-corrected chi connectivity index (χ2v) is 8.11. The molecule has 0 saturated heterocycles. The molecule has 118 valence electrons. The van der Waals surface area contributed by atoms with Crippen LogP contribution >= 0.6 is 27.5 Å². The molecule has 1 aliphatic carbocycles. The Morgan fingerprint density at radius 3 is 2.43 bits per heavy atom. The van der Waals surface area contributed by atoms with E-state index >= 15 is 0 Å². The van der Waals surface area contributed by atoms with E-state index in [9.17, 15) is 0 Å². The first-order valence-corrected chi connectivity index (χ1v) is 9.66. The van der Waals surface area contributed by atoms with Crippen molar-refractivity contribution in [3.63, 3.8) is 0 Å². The fraction of sp³-hybridized carbons (Fsp3) is 0.684. The molecule has 1 fully saturated rings. The maximum atomic E-state index is 6.85.